The van der Waals surface area contributed by atoms with Gasteiger partial charge in [0.25, 0.3) is 0 Å². The third-order valence-corrected chi connectivity index (χ3v) is 3.09. The highest BCUT2D eigenvalue weighted by molar-refractivity contribution is 5.83. The van der Waals surface area contributed by atoms with Gasteiger partial charge >= 0.3 is 6.09 Å². The SMILES string of the molecule is CC(C)(C)OC(=O)N[C@H]([C]=O)Cc1ccc2ccccc2c1. The number of hydrogen-bond donors (Lipinski definition) is 1. The Kier molecular flexibility index (Phi) is 4.81. The van der Waals surface area contributed by atoms with Gasteiger partial charge in [-0.3, -0.25) is 4.79 Å². The molecule has 1 N–H and O–H groups in total. The summed E-state index contributed by atoms with van der Waals surface area (Å²) in [5.74, 6) is 0. The molecule has 0 aliphatic carbocycles. The van der Waals surface area contributed by atoms with E-state index in [2.05, 4.69) is 5.32 Å². The molecule has 0 fully saturated rings. The summed E-state index contributed by atoms with van der Waals surface area (Å²) >= 11 is 0. The molecule has 0 aromatic heterocycles. The zero-order chi connectivity index (χ0) is 16.2. The number of fused-ring (bicyclic) bond motifs is 1. The Labute approximate surface area is 130 Å². The molecule has 1 radical (unpaired) electrons. The van der Waals surface area contributed by atoms with Crippen molar-refractivity contribution in [3.63, 3.8) is 0 Å². The number of alkyl carbamates (subject to hydrolysis) is 1. The minimum atomic E-state index is -0.726. The second-order valence-corrected chi connectivity index (χ2v) is 6.20. The summed E-state index contributed by atoms with van der Waals surface area (Å²) in [5.41, 5.74) is 0.364. The smallest absolute Gasteiger partial charge is 0.408 e. The van der Waals surface area contributed by atoms with E-state index in [1.807, 2.05) is 48.8 Å². The van der Waals surface area contributed by atoms with Gasteiger partial charge in [-0.05, 0) is 37.1 Å². The molecule has 0 bridgehead atoms. The summed E-state index contributed by atoms with van der Waals surface area (Å²) < 4.78 is 5.15. The molecule has 0 unspecified atom stereocenters. The first-order valence-electron chi connectivity index (χ1n) is 7.22. The molecule has 2 rings (SSSR count). The molecular formula is C18H20NO3. The highest BCUT2D eigenvalue weighted by atomic mass is 16.6. The zero-order valence-electron chi connectivity index (χ0n) is 13.1. The highest BCUT2D eigenvalue weighted by Crippen LogP contribution is 2.16. The number of carbonyl (C=O) groups is 1. The maximum Gasteiger partial charge on any atom is 0.408 e. The van der Waals surface area contributed by atoms with Gasteiger partial charge in [0.1, 0.15) is 11.6 Å². The van der Waals surface area contributed by atoms with Crippen LogP contribution < -0.4 is 5.32 Å². The van der Waals surface area contributed by atoms with Crippen molar-refractivity contribution in [3.8, 4) is 0 Å². The first-order valence-corrected chi connectivity index (χ1v) is 7.22. The van der Waals surface area contributed by atoms with Gasteiger partial charge in [0.15, 0.2) is 0 Å². The number of nitrogens with one attached hydrogen (secondary N) is 1. The van der Waals surface area contributed by atoms with E-state index in [-0.39, 0.29) is 0 Å². The average Bonchev–Trinajstić information content (AvgIpc) is 2.44. The van der Waals surface area contributed by atoms with Crippen LogP contribution in [-0.4, -0.2) is 24.0 Å². The molecule has 1 atom stereocenters. The number of rotatable bonds is 4. The topological polar surface area (TPSA) is 55.4 Å². The van der Waals surface area contributed by atoms with Crippen molar-refractivity contribution >= 4 is 23.2 Å². The summed E-state index contributed by atoms with van der Waals surface area (Å²) in [6.07, 6.45) is 1.63. The third kappa shape index (κ3) is 4.58. The van der Waals surface area contributed by atoms with E-state index in [1.54, 1.807) is 20.8 Å². The van der Waals surface area contributed by atoms with E-state index >= 15 is 0 Å². The third-order valence-electron chi connectivity index (χ3n) is 3.09. The van der Waals surface area contributed by atoms with Crippen molar-refractivity contribution in [1.82, 2.24) is 5.32 Å². The summed E-state index contributed by atoms with van der Waals surface area (Å²) in [4.78, 5) is 22.8. The molecule has 0 aliphatic rings. The normalized spacial score (nSPS) is 12.7. The first kappa shape index (κ1) is 16.0. The van der Waals surface area contributed by atoms with Crippen LogP contribution in [0.3, 0.4) is 0 Å². The Morgan fingerprint density at radius 3 is 2.50 bits per heavy atom. The van der Waals surface area contributed by atoms with Gasteiger partial charge in [-0.1, -0.05) is 42.5 Å². The second kappa shape index (κ2) is 6.60. The summed E-state index contributed by atoms with van der Waals surface area (Å²) in [7, 11) is 0. The van der Waals surface area contributed by atoms with Crippen molar-refractivity contribution in [2.75, 3.05) is 0 Å². The molecule has 1 amide bonds. The molecule has 115 valence electrons. The van der Waals surface area contributed by atoms with Crippen LogP contribution in [0.4, 0.5) is 4.79 Å². The molecule has 2 aromatic rings. The van der Waals surface area contributed by atoms with Gasteiger partial charge in [0, 0.05) is 6.42 Å². The van der Waals surface area contributed by atoms with E-state index in [0.29, 0.717) is 6.42 Å². The van der Waals surface area contributed by atoms with Crippen LogP contribution >= 0.6 is 0 Å². The number of benzene rings is 2. The zero-order valence-corrected chi connectivity index (χ0v) is 13.1. The average molecular weight is 298 g/mol. The second-order valence-electron chi connectivity index (χ2n) is 6.20. The molecule has 0 spiro atoms. The van der Waals surface area contributed by atoms with Gasteiger partial charge in [-0.25, -0.2) is 4.79 Å². The maximum absolute atomic E-state index is 11.7. The minimum absolute atomic E-state index is 0.383. The molecule has 0 aliphatic heterocycles. The van der Waals surface area contributed by atoms with Crippen LogP contribution in [0.15, 0.2) is 42.5 Å². The van der Waals surface area contributed by atoms with Crippen LogP contribution in [0.1, 0.15) is 26.3 Å². The maximum atomic E-state index is 11.7. The largest absolute Gasteiger partial charge is 0.444 e. The lowest BCUT2D eigenvalue weighted by atomic mass is 10.0. The first-order chi connectivity index (χ1) is 10.4. The molecule has 2 aromatic carbocycles. The van der Waals surface area contributed by atoms with E-state index in [1.165, 1.54) is 0 Å². The molecule has 0 saturated heterocycles. The van der Waals surface area contributed by atoms with E-state index in [4.69, 9.17) is 4.74 Å². The van der Waals surface area contributed by atoms with E-state index in [9.17, 15) is 9.59 Å². The quantitative estimate of drug-likeness (QED) is 0.941. The standard InChI is InChI=1S/C18H20NO3/c1-18(2,3)22-17(21)19-16(12-20)11-13-8-9-14-6-4-5-7-15(14)10-13/h4-10,16H,11H2,1-3H3,(H,19,21)/t16-/m0/s1. The summed E-state index contributed by atoms with van der Waals surface area (Å²) in [6, 6.07) is 13.2. The Bertz CT molecular complexity index is 673. The lowest BCUT2D eigenvalue weighted by Gasteiger charge is -2.21. The van der Waals surface area contributed by atoms with Crippen LogP contribution in [-0.2, 0) is 16.0 Å². The van der Waals surface area contributed by atoms with Crippen molar-refractivity contribution in [2.45, 2.75) is 38.8 Å². The van der Waals surface area contributed by atoms with E-state index in [0.717, 1.165) is 16.3 Å². The fraction of sp³-hybridized carbons (Fsp3) is 0.333. The summed E-state index contributed by atoms with van der Waals surface area (Å²) in [6.45, 7) is 5.32. The van der Waals surface area contributed by atoms with Gasteiger partial charge in [0.2, 0.25) is 6.29 Å². The van der Waals surface area contributed by atoms with Gasteiger partial charge in [0.05, 0.1) is 0 Å². The fourth-order valence-corrected chi connectivity index (χ4v) is 2.17. The van der Waals surface area contributed by atoms with Crippen molar-refractivity contribution in [3.05, 3.63) is 48.0 Å². The number of ether oxygens (including phenoxy) is 1. The van der Waals surface area contributed by atoms with Crippen LogP contribution in [0.25, 0.3) is 10.8 Å². The molecule has 0 heterocycles. The van der Waals surface area contributed by atoms with Crippen LogP contribution in [0, 0.1) is 0 Å². The Hall–Kier alpha value is -2.36. The molecular weight excluding hydrogens is 278 g/mol. The van der Waals surface area contributed by atoms with Gasteiger partial charge < -0.3 is 10.1 Å². The molecule has 0 saturated carbocycles. The number of hydrogen-bond acceptors (Lipinski definition) is 3. The molecule has 4 nitrogen and oxygen atoms in total. The minimum Gasteiger partial charge on any atom is -0.444 e. The predicted octanol–water partition coefficient (Wildman–Crippen LogP) is 3.39. The number of amides is 1. The predicted molar refractivity (Wildman–Crippen MR) is 86.5 cm³/mol. The lowest BCUT2D eigenvalue weighted by molar-refractivity contribution is 0.0517. The highest BCUT2D eigenvalue weighted by Gasteiger charge is 2.19. The van der Waals surface area contributed by atoms with Crippen molar-refractivity contribution in [1.29, 1.82) is 0 Å². The van der Waals surface area contributed by atoms with Gasteiger partial charge in [-0.15, -0.1) is 0 Å². The van der Waals surface area contributed by atoms with Gasteiger partial charge in [-0.2, -0.15) is 0 Å². The van der Waals surface area contributed by atoms with Crippen LogP contribution in [0.2, 0.25) is 0 Å². The summed E-state index contributed by atoms with van der Waals surface area (Å²) in [5, 5.41) is 4.77. The molecule has 22 heavy (non-hydrogen) atoms. The Balaban J connectivity index is 2.05. The monoisotopic (exact) mass is 298 g/mol. The number of carbonyl (C=O) groups excluding carboxylic acids is 2. The molecule has 4 heteroatoms. The van der Waals surface area contributed by atoms with E-state index < -0.39 is 17.7 Å². The Morgan fingerprint density at radius 2 is 1.86 bits per heavy atom. The van der Waals surface area contributed by atoms with Crippen molar-refractivity contribution in [2.24, 2.45) is 0 Å². The van der Waals surface area contributed by atoms with Crippen LogP contribution in [0.5, 0.6) is 0 Å². The fourth-order valence-electron chi connectivity index (χ4n) is 2.17. The Morgan fingerprint density at radius 1 is 1.18 bits per heavy atom. The van der Waals surface area contributed by atoms with Crippen molar-refractivity contribution < 1.29 is 14.3 Å². The lowest BCUT2D eigenvalue weighted by Crippen LogP contribution is -2.41.